The number of carbonyl (C=O) groups is 1. The number of fused-ring (bicyclic) bond motifs is 1. The number of nitrogens with zero attached hydrogens (tertiary/aromatic N) is 2. The first-order valence-electron chi connectivity index (χ1n) is 9.88. The van der Waals surface area contributed by atoms with Crippen molar-refractivity contribution in [2.45, 2.75) is 25.5 Å². The molecular weight excluding hydrogens is 362 g/mol. The van der Waals surface area contributed by atoms with E-state index in [9.17, 15) is 10.1 Å². The van der Waals surface area contributed by atoms with Gasteiger partial charge in [-0.2, -0.15) is 5.26 Å². The predicted octanol–water partition coefficient (Wildman–Crippen LogP) is 3.89. The van der Waals surface area contributed by atoms with Crippen molar-refractivity contribution in [2.75, 3.05) is 13.2 Å². The van der Waals surface area contributed by atoms with Crippen LogP contribution in [0.4, 0.5) is 0 Å². The summed E-state index contributed by atoms with van der Waals surface area (Å²) in [6.45, 7) is 1.90. The first-order chi connectivity index (χ1) is 14.2. The number of nitrogens with one attached hydrogen (secondary N) is 1. The number of hydrogen-bond donors (Lipinski definition) is 1. The Balaban J connectivity index is 1.60. The van der Waals surface area contributed by atoms with Crippen molar-refractivity contribution in [3.8, 4) is 6.07 Å². The Bertz CT molecular complexity index is 1070. The van der Waals surface area contributed by atoms with Crippen molar-refractivity contribution in [3.05, 3.63) is 77.5 Å². The Labute approximate surface area is 170 Å². The molecule has 3 aromatic rings. The van der Waals surface area contributed by atoms with Crippen LogP contribution in [-0.4, -0.2) is 29.7 Å². The first kappa shape index (κ1) is 19.0. The van der Waals surface area contributed by atoms with Crippen molar-refractivity contribution in [1.29, 1.82) is 5.26 Å². The van der Waals surface area contributed by atoms with Gasteiger partial charge in [-0.05, 0) is 30.5 Å². The average Bonchev–Trinajstić information content (AvgIpc) is 3.40. The van der Waals surface area contributed by atoms with Crippen molar-refractivity contribution < 1.29 is 9.53 Å². The van der Waals surface area contributed by atoms with Gasteiger partial charge in [0.1, 0.15) is 11.6 Å². The number of hydrogen-bond acceptors (Lipinski definition) is 3. The van der Waals surface area contributed by atoms with E-state index in [2.05, 4.69) is 28.1 Å². The van der Waals surface area contributed by atoms with Gasteiger partial charge >= 0.3 is 0 Å². The summed E-state index contributed by atoms with van der Waals surface area (Å²) in [7, 11) is 0. The van der Waals surface area contributed by atoms with Crippen LogP contribution in [0.2, 0.25) is 0 Å². The lowest BCUT2D eigenvalue weighted by molar-refractivity contribution is -0.117. The number of ether oxygens (including phenoxy) is 1. The maximum Gasteiger partial charge on any atom is 0.262 e. The largest absolute Gasteiger partial charge is 0.376 e. The SMILES string of the molecule is N#C/C(=C\c1cn(Cc2ccccc2)c2ccccc12)C(=O)NCC1CCCO1. The second-order valence-electron chi connectivity index (χ2n) is 7.23. The average molecular weight is 385 g/mol. The van der Waals surface area contributed by atoms with Crippen molar-refractivity contribution in [1.82, 2.24) is 9.88 Å². The highest BCUT2D eigenvalue weighted by atomic mass is 16.5. The van der Waals surface area contributed by atoms with Crippen molar-refractivity contribution in [3.63, 3.8) is 0 Å². The zero-order valence-corrected chi connectivity index (χ0v) is 16.2. The highest BCUT2D eigenvalue weighted by Crippen LogP contribution is 2.24. The van der Waals surface area contributed by atoms with Gasteiger partial charge < -0.3 is 14.6 Å². The maximum absolute atomic E-state index is 12.5. The van der Waals surface area contributed by atoms with Gasteiger partial charge in [0.15, 0.2) is 0 Å². The molecule has 0 saturated carbocycles. The van der Waals surface area contributed by atoms with Gasteiger partial charge in [0, 0.05) is 42.4 Å². The molecule has 5 heteroatoms. The topological polar surface area (TPSA) is 67.0 Å². The maximum atomic E-state index is 12.5. The molecule has 1 aromatic heterocycles. The number of amides is 1. The Kier molecular flexibility index (Phi) is 5.73. The number of aromatic nitrogens is 1. The third-order valence-corrected chi connectivity index (χ3v) is 5.19. The quantitative estimate of drug-likeness (QED) is 0.517. The number of carbonyl (C=O) groups excluding carboxylic acids is 1. The summed E-state index contributed by atoms with van der Waals surface area (Å²) in [5.41, 5.74) is 3.23. The molecule has 2 heterocycles. The lowest BCUT2D eigenvalue weighted by Gasteiger charge is -2.10. The van der Waals surface area contributed by atoms with Crippen LogP contribution in [0.5, 0.6) is 0 Å². The van der Waals surface area contributed by atoms with Crippen LogP contribution in [0.25, 0.3) is 17.0 Å². The smallest absolute Gasteiger partial charge is 0.262 e. The summed E-state index contributed by atoms with van der Waals surface area (Å²) in [5.74, 6) is -0.358. The van der Waals surface area contributed by atoms with Crippen LogP contribution in [0, 0.1) is 11.3 Å². The fraction of sp³-hybridized carbons (Fsp3) is 0.250. The lowest BCUT2D eigenvalue weighted by atomic mass is 10.1. The second-order valence-corrected chi connectivity index (χ2v) is 7.23. The summed E-state index contributed by atoms with van der Waals surface area (Å²) in [5, 5.41) is 13.4. The van der Waals surface area contributed by atoms with Crippen LogP contribution in [-0.2, 0) is 16.1 Å². The van der Waals surface area contributed by atoms with Crippen LogP contribution in [0.15, 0.2) is 66.4 Å². The molecular formula is C24H23N3O2. The number of para-hydroxylation sites is 1. The Hall–Kier alpha value is -3.36. The van der Waals surface area contributed by atoms with Crippen LogP contribution in [0.1, 0.15) is 24.0 Å². The van der Waals surface area contributed by atoms with E-state index >= 15 is 0 Å². The number of benzene rings is 2. The van der Waals surface area contributed by atoms with Gasteiger partial charge in [-0.25, -0.2) is 0 Å². The standard InChI is InChI=1S/C24H23N3O2/c25-14-19(24(28)26-15-21-9-6-12-29-21)13-20-17-27(16-18-7-2-1-3-8-18)23-11-5-4-10-22(20)23/h1-5,7-8,10-11,13,17,21H,6,9,12,15-16H2,(H,26,28)/b19-13+. The van der Waals surface area contributed by atoms with E-state index in [0.717, 1.165) is 42.5 Å². The molecule has 4 rings (SSSR count). The van der Waals surface area contributed by atoms with E-state index in [1.807, 2.05) is 48.7 Å². The Morgan fingerprint density at radius 1 is 1.21 bits per heavy atom. The van der Waals surface area contributed by atoms with E-state index in [1.165, 1.54) is 5.56 Å². The molecule has 29 heavy (non-hydrogen) atoms. The van der Waals surface area contributed by atoms with Gasteiger partial charge in [-0.1, -0.05) is 48.5 Å². The molecule has 1 amide bonds. The van der Waals surface area contributed by atoms with E-state index in [4.69, 9.17) is 4.74 Å². The summed E-state index contributed by atoms with van der Waals surface area (Å²) in [6, 6.07) is 20.3. The molecule has 1 fully saturated rings. The molecule has 1 unspecified atom stereocenters. The van der Waals surface area contributed by atoms with E-state index in [-0.39, 0.29) is 17.6 Å². The van der Waals surface area contributed by atoms with Crippen LogP contribution >= 0.6 is 0 Å². The van der Waals surface area contributed by atoms with Gasteiger partial charge in [-0.15, -0.1) is 0 Å². The third kappa shape index (κ3) is 4.39. The Morgan fingerprint density at radius 2 is 2.00 bits per heavy atom. The molecule has 0 radical (unpaired) electrons. The molecule has 0 bridgehead atoms. The molecule has 0 spiro atoms. The third-order valence-electron chi connectivity index (χ3n) is 5.19. The number of nitriles is 1. The monoisotopic (exact) mass is 385 g/mol. The second kappa shape index (κ2) is 8.76. The van der Waals surface area contributed by atoms with Crippen molar-refractivity contribution >= 4 is 22.9 Å². The summed E-state index contributed by atoms with van der Waals surface area (Å²) in [6.07, 6.45) is 5.69. The predicted molar refractivity (Wildman–Crippen MR) is 113 cm³/mol. The minimum Gasteiger partial charge on any atom is -0.376 e. The van der Waals surface area contributed by atoms with Crippen LogP contribution < -0.4 is 5.32 Å². The molecule has 1 atom stereocenters. The molecule has 146 valence electrons. The zero-order valence-electron chi connectivity index (χ0n) is 16.2. The van der Waals surface area contributed by atoms with Gasteiger partial charge in [0.2, 0.25) is 0 Å². The van der Waals surface area contributed by atoms with E-state index < -0.39 is 0 Å². The minimum absolute atomic E-state index is 0.0479. The molecule has 1 aliphatic rings. The zero-order chi connectivity index (χ0) is 20.1. The fourth-order valence-electron chi connectivity index (χ4n) is 3.71. The van der Waals surface area contributed by atoms with Gasteiger partial charge in [0.25, 0.3) is 5.91 Å². The molecule has 1 N–H and O–H groups in total. The van der Waals surface area contributed by atoms with Gasteiger partial charge in [-0.3, -0.25) is 4.79 Å². The Morgan fingerprint density at radius 3 is 2.76 bits per heavy atom. The summed E-state index contributed by atoms with van der Waals surface area (Å²) < 4.78 is 7.68. The molecule has 5 nitrogen and oxygen atoms in total. The van der Waals surface area contributed by atoms with Crippen molar-refractivity contribution in [2.24, 2.45) is 0 Å². The minimum atomic E-state index is -0.358. The highest BCUT2D eigenvalue weighted by Gasteiger charge is 2.18. The van der Waals surface area contributed by atoms with E-state index in [1.54, 1.807) is 6.08 Å². The normalized spacial score (nSPS) is 16.7. The van der Waals surface area contributed by atoms with E-state index in [0.29, 0.717) is 6.54 Å². The first-order valence-corrected chi connectivity index (χ1v) is 9.88. The molecule has 2 aromatic carbocycles. The molecule has 0 aliphatic carbocycles. The van der Waals surface area contributed by atoms with Gasteiger partial charge in [0.05, 0.1) is 6.10 Å². The number of rotatable bonds is 6. The van der Waals surface area contributed by atoms with Crippen LogP contribution in [0.3, 0.4) is 0 Å². The molecule has 1 aliphatic heterocycles. The summed E-state index contributed by atoms with van der Waals surface area (Å²) >= 11 is 0. The fourth-order valence-corrected chi connectivity index (χ4v) is 3.71. The highest BCUT2D eigenvalue weighted by molar-refractivity contribution is 6.04. The summed E-state index contributed by atoms with van der Waals surface area (Å²) in [4.78, 5) is 12.5. The molecule has 1 saturated heterocycles. The lowest BCUT2D eigenvalue weighted by Crippen LogP contribution is -2.32.